The summed E-state index contributed by atoms with van der Waals surface area (Å²) in [5.74, 6) is 0.836. The maximum atomic E-state index is 12.3. The highest BCUT2D eigenvalue weighted by molar-refractivity contribution is 5.80. The van der Waals surface area contributed by atoms with Gasteiger partial charge in [0.1, 0.15) is 6.54 Å². The van der Waals surface area contributed by atoms with Gasteiger partial charge in [0.15, 0.2) is 6.61 Å². The van der Waals surface area contributed by atoms with Crippen molar-refractivity contribution in [1.82, 2.24) is 15.1 Å². The zero-order valence-electron chi connectivity index (χ0n) is 17.4. The van der Waals surface area contributed by atoms with E-state index in [1.165, 1.54) is 38.5 Å². The summed E-state index contributed by atoms with van der Waals surface area (Å²) in [5, 5.41) is 7.00. The van der Waals surface area contributed by atoms with Crippen LogP contribution in [0.2, 0.25) is 0 Å². The van der Waals surface area contributed by atoms with Gasteiger partial charge in [-0.3, -0.25) is 9.59 Å². The Kier molecular flexibility index (Phi) is 5.16. The molecule has 31 heavy (non-hydrogen) atoms. The number of aromatic nitrogens is 2. The summed E-state index contributed by atoms with van der Waals surface area (Å²) in [6, 6.07) is 8.93. The molecule has 6 rings (SSSR count). The summed E-state index contributed by atoms with van der Waals surface area (Å²) < 4.78 is 11.0. The minimum Gasteiger partial charge on any atom is -0.454 e. The summed E-state index contributed by atoms with van der Waals surface area (Å²) in [5.41, 5.74) is 0.867. The summed E-state index contributed by atoms with van der Waals surface area (Å²) in [4.78, 5) is 36.3. The molecule has 8 nitrogen and oxygen atoms in total. The van der Waals surface area contributed by atoms with Crippen molar-refractivity contribution in [3.05, 3.63) is 40.9 Å². The van der Waals surface area contributed by atoms with Crippen LogP contribution in [0.5, 0.6) is 0 Å². The van der Waals surface area contributed by atoms with Crippen LogP contribution < -0.4 is 11.1 Å². The highest BCUT2D eigenvalue weighted by atomic mass is 16.5. The van der Waals surface area contributed by atoms with Gasteiger partial charge in [-0.1, -0.05) is 18.2 Å². The summed E-state index contributed by atoms with van der Waals surface area (Å²) in [6.07, 6.45) is 7.70. The topological polar surface area (TPSA) is 103 Å². The van der Waals surface area contributed by atoms with Crippen LogP contribution in [0.4, 0.5) is 0 Å². The fourth-order valence-electron chi connectivity index (χ4n) is 6.26. The van der Waals surface area contributed by atoms with Crippen LogP contribution in [0, 0.1) is 23.2 Å². The van der Waals surface area contributed by atoms with Crippen molar-refractivity contribution < 1.29 is 18.7 Å². The lowest BCUT2D eigenvalue weighted by Crippen LogP contribution is -2.51. The molecule has 164 valence electrons. The minimum atomic E-state index is -0.748. The zero-order chi connectivity index (χ0) is 21.4. The van der Waals surface area contributed by atoms with E-state index in [-0.39, 0.29) is 23.8 Å². The van der Waals surface area contributed by atoms with Gasteiger partial charge in [0, 0.05) is 12.1 Å². The molecule has 4 bridgehead atoms. The Morgan fingerprint density at radius 3 is 2.39 bits per heavy atom. The number of carbonyl (C=O) groups is 2. The number of ether oxygens (including phenoxy) is 1. The first-order valence-electron chi connectivity index (χ1n) is 11.0. The van der Waals surface area contributed by atoms with E-state index in [1.807, 2.05) is 6.07 Å². The van der Waals surface area contributed by atoms with Crippen LogP contribution in [0.1, 0.15) is 38.5 Å². The predicted molar refractivity (Wildman–Crippen MR) is 111 cm³/mol. The van der Waals surface area contributed by atoms with E-state index in [0.717, 1.165) is 22.4 Å². The number of nitrogens with one attached hydrogen (secondary N) is 1. The molecule has 1 aromatic carbocycles. The standard InChI is InChI=1S/C23H27N3O5/c27-19(24-14-23-9-15-6-16(10-23)8-17(7-15)11-23)13-30-20(28)12-26-22(29)31-21(25-26)18-4-2-1-3-5-18/h1-5,15-17H,6-14H2,(H,24,27). The van der Waals surface area contributed by atoms with Gasteiger partial charge in [-0.15, -0.1) is 5.10 Å². The first-order valence-corrected chi connectivity index (χ1v) is 11.0. The van der Waals surface area contributed by atoms with Gasteiger partial charge in [-0.05, 0) is 73.8 Å². The molecule has 0 unspecified atom stereocenters. The fraction of sp³-hybridized carbons (Fsp3) is 0.565. The maximum absolute atomic E-state index is 12.3. The molecule has 0 saturated heterocycles. The number of amides is 1. The lowest BCUT2D eigenvalue weighted by Gasteiger charge is -2.56. The monoisotopic (exact) mass is 425 g/mol. The smallest absolute Gasteiger partial charge is 0.437 e. The first kappa shape index (κ1) is 20.0. The summed E-state index contributed by atoms with van der Waals surface area (Å²) in [6.45, 7) is -0.100. The van der Waals surface area contributed by atoms with E-state index in [2.05, 4.69) is 10.4 Å². The minimum absolute atomic E-state index is 0.131. The van der Waals surface area contributed by atoms with Gasteiger partial charge < -0.3 is 14.5 Å². The van der Waals surface area contributed by atoms with Crippen LogP contribution in [0.3, 0.4) is 0 Å². The quantitative estimate of drug-likeness (QED) is 0.683. The van der Waals surface area contributed by atoms with Crippen molar-refractivity contribution in [3.8, 4) is 11.5 Å². The molecule has 0 atom stereocenters. The third-order valence-corrected chi connectivity index (χ3v) is 7.10. The van der Waals surface area contributed by atoms with Gasteiger partial charge in [0.25, 0.3) is 5.91 Å². The van der Waals surface area contributed by atoms with Crippen LogP contribution >= 0.6 is 0 Å². The predicted octanol–water partition coefficient (Wildman–Crippen LogP) is 2.38. The Bertz CT molecular complexity index is 990. The molecule has 4 saturated carbocycles. The molecule has 4 aliphatic carbocycles. The lowest BCUT2D eigenvalue weighted by molar-refractivity contribution is -0.149. The number of rotatable bonds is 7. The highest BCUT2D eigenvalue weighted by Crippen LogP contribution is 2.59. The molecule has 0 radical (unpaired) electrons. The van der Waals surface area contributed by atoms with Crippen molar-refractivity contribution in [3.63, 3.8) is 0 Å². The van der Waals surface area contributed by atoms with Gasteiger partial charge in [-0.25, -0.2) is 4.79 Å². The molecular formula is C23H27N3O5. The normalized spacial score (nSPS) is 28.5. The van der Waals surface area contributed by atoms with Gasteiger partial charge >= 0.3 is 11.7 Å². The van der Waals surface area contributed by atoms with E-state index in [4.69, 9.17) is 9.15 Å². The molecular weight excluding hydrogens is 398 g/mol. The van der Waals surface area contributed by atoms with E-state index >= 15 is 0 Å². The zero-order valence-corrected chi connectivity index (χ0v) is 17.4. The van der Waals surface area contributed by atoms with Crippen molar-refractivity contribution in [2.75, 3.05) is 13.2 Å². The Morgan fingerprint density at radius 2 is 1.74 bits per heavy atom. The Morgan fingerprint density at radius 1 is 1.10 bits per heavy atom. The molecule has 2 aromatic rings. The third kappa shape index (κ3) is 4.29. The second-order valence-electron chi connectivity index (χ2n) is 9.55. The summed E-state index contributed by atoms with van der Waals surface area (Å²) in [7, 11) is 0. The van der Waals surface area contributed by atoms with Gasteiger partial charge in [0.05, 0.1) is 0 Å². The Hall–Kier alpha value is -2.90. The van der Waals surface area contributed by atoms with E-state index in [0.29, 0.717) is 12.1 Å². The number of esters is 1. The number of hydrogen-bond donors (Lipinski definition) is 1. The number of benzene rings is 1. The van der Waals surface area contributed by atoms with Crippen LogP contribution in [0.25, 0.3) is 11.5 Å². The van der Waals surface area contributed by atoms with Crippen molar-refractivity contribution >= 4 is 11.9 Å². The van der Waals surface area contributed by atoms with E-state index in [9.17, 15) is 14.4 Å². The maximum Gasteiger partial charge on any atom is 0.437 e. The van der Waals surface area contributed by atoms with Crippen LogP contribution in [0.15, 0.2) is 39.5 Å². The SMILES string of the molecule is O=C(COC(=O)Cn1nc(-c2ccccc2)oc1=O)NCC12CC3CC(CC(C3)C1)C2. The summed E-state index contributed by atoms with van der Waals surface area (Å²) >= 11 is 0. The van der Waals surface area contributed by atoms with Crippen molar-refractivity contribution in [1.29, 1.82) is 0 Å². The second-order valence-corrected chi connectivity index (χ2v) is 9.55. The highest BCUT2D eigenvalue weighted by Gasteiger charge is 2.50. The lowest BCUT2D eigenvalue weighted by atomic mass is 9.49. The first-order chi connectivity index (χ1) is 15.0. The van der Waals surface area contributed by atoms with Gasteiger partial charge in [0.2, 0.25) is 5.89 Å². The third-order valence-electron chi connectivity index (χ3n) is 7.10. The number of hydrogen-bond acceptors (Lipinski definition) is 6. The average Bonchev–Trinajstić information content (AvgIpc) is 3.11. The molecule has 4 fully saturated rings. The Balaban J connectivity index is 1.10. The van der Waals surface area contributed by atoms with Gasteiger partial charge in [-0.2, -0.15) is 4.68 Å². The van der Waals surface area contributed by atoms with Crippen LogP contribution in [-0.4, -0.2) is 34.8 Å². The second kappa shape index (κ2) is 7.98. The van der Waals surface area contributed by atoms with Crippen LogP contribution in [-0.2, 0) is 20.9 Å². The molecule has 1 N–H and O–H groups in total. The molecule has 1 amide bonds. The van der Waals surface area contributed by atoms with Crippen molar-refractivity contribution in [2.24, 2.45) is 23.2 Å². The molecule has 4 aliphatic rings. The molecule has 1 aromatic heterocycles. The largest absolute Gasteiger partial charge is 0.454 e. The van der Waals surface area contributed by atoms with E-state index in [1.54, 1.807) is 24.3 Å². The van der Waals surface area contributed by atoms with E-state index < -0.39 is 18.3 Å². The molecule has 8 heteroatoms. The molecule has 0 spiro atoms. The number of carbonyl (C=O) groups excluding carboxylic acids is 2. The Labute approximate surface area is 180 Å². The average molecular weight is 425 g/mol. The molecule has 0 aliphatic heterocycles. The van der Waals surface area contributed by atoms with Crippen molar-refractivity contribution in [2.45, 2.75) is 45.1 Å². The molecule has 1 heterocycles. The fourth-order valence-corrected chi connectivity index (χ4v) is 6.26. The number of nitrogens with zero attached hydrogens (tertiary/aromatic N) is 2.